The highest BCUT2D eigenvalue weighted by atomic mass is 15.1. The fourth-order valence-corrected chi connectivity index (χ4v) is 2.39. The molecule has 0 aliphatic rings. The van der Waals surface area contributed by atoms with Gasteiger partial charge in [-0.3, -0.25) is 0 Å². The van der Waals surface area contributed by atoms with Gasteiger partial charge in [0, 0.05) is 12.6 Å². The Morgan fingerprint density at radius 3 is 2.25 bits per heavy atom. The maximum Gasteiger partial charge on any atom is 0.0449 e. The highest BCUT2D eigenvalue weighted by Gasteiger charge is 2.12. The average molecular weight is 277 g/mol. The van der Waals surface area contributed by atoms with Gasteiger partial charge in [0.15, 0.2) is 0 Å². The van der Waals surface area contributed by atoms with Gasteiger partial charge in [-0.25, -0.2) is 0 Å². The zero-order chi connectivity index (χ0) is 15.0. The Kier molecular flexibility index (Phi) is 7.82. The van der Waals surface area contributed by atoms with Crippen molar-refractivity contribution in [2.45, 2.75) is 26.3 Å². The summed E-state index contributed by atoms with van der Waals surface area (Å²) in [7, 11) is 6.48. The summed E-state index contributed by atoms with van der Waals surface area (Å²) in [5, 5.41) is 3.60. The molecule has 0 aromatic heterocycles. The first-order chi connectivity index (χ1) is 9.52. The van der Waals surface area contributed by atoms with E-state index < -0.39 is 0 Å². The predicted molar refractivity (Wildman–Crippen MR) is 88.3 cm³/mol. The van der Waals surface area contributed by atoms with Gasteiger partial charge >= 0.3 is 0 Å². The molecule has 0 radical (unpaired) electrons. The number of benzene rings is 1. The highest BCUT2D eigenvalue weighted by molar-refractivity contribution is 5.24. The molecule has 1 aromatic carbocycles. The van der Waals surface area contributed by atoms with Gasteiger partial charge in [-0.05, 0) is 59.7 Å². The molecular formula is C17H31N3. The van der Waals surface area contributed by atoms with E-state index in [-0.39, 0.29) is 0 Å². The summed E-state index contributed by atoms with van der Waals surface area (Å²) < 4.78 is 0. The van der Waals surface area contributed by atoms with E-state index in [0.717, 1.165) is 26.2 Å². The Labute approximate surface area is 125 Å². The van der Waals surface area contributed by atoms with E-state index in [2.05, 4.69) is 74.4 Å². The van der Waals surface area contributed by atoms with Crippen LogP contribution in [-0.4, -0.2) is 57.1 Å². The number of hydrogen-bond donors (Lipinski definition) is 1. The molecule has 1 aromatic rings. The molecule has 0 aliphatic heterocycles. The SMILES string of the molecule is CCNC(CN(C)CCCN(C)C)c1ccc(C)cc1. The van der Waals surface area contributed by atoms with Crippen molar-refractivity contribution >= 4 is 0 Å². The molecule has 1 N–H and O–H groups in total. The van der Waals surface area contributed by atoms with Crippen LogP contribution in [-0.2, 0) is 0 Å². The van der Waals surface area contributed by atoms with Crippen LogP contribution in [0.3, 0.4) is 0 Å². The fourth-order valence-electron chi connectivity index (χ4n) is 2.39. The molecule has 3 heteroatoms. The number of hydrogen-bond acceptors (Lipinski definition) is 3. The van der Waals surface area contributed by atoms with Gasteiger partial charge in [0.05, 0.1) is 0 Å². The summed E-state index contributed by atoms with van der Waals surface area (Å²) in [5.74, 6) is 0. The van der Waals surface area contributed by atoms with Crippen LogP contribution in [0.15, 0.2) is 24.3 Å². The quantitative estimate of drug-likeness (QED) is 0.748. The normalized spacial score (nSPS) is 13.2. The first-order valence-electron chi connectivity index (χ1n) is 7.66. The topological polar surface area (TPSA) is 18.5 Å². The van der Waals surface area contributed by atoms with Crippen molar-refractivity contribution in [1.29, 1.82) is 0 Å². The molecule has 0 bridgehead atoms. The van der Waals surface area contributed by atoms with Crippen LogP contribution in [0.1, 0.15) is 30.5 Å². The minimum absolute atomic E-state index is 0.421. The summed E-state index contributed by atoms with van der Waals surface area (Å²) in [6.45, 7) is 8.67. The largest absolute Gasteiger partial charge is 0.309 e. The van der Waals surface area contributed by atoms with E-state index in [1.54, 1.807) is 0 Å². The Hall–Kier alpha value is -0.900. The number of aryl methyl sites for hydroxylation is 1. The van der Waals surface area contributed by atoms with Gasteiger partial charge < -0.3 is 15.1 Å². The predicted octanol–water partition coefficient (Wildman–Crippen LogP) is 2.53. The summed E-state index contributed by atoms with van der Waals surface area (Å²) in [4.78, 5) is 4.67. The number of likely N-dealkylation sites (N-methyl/N-ethyl adjacent to an activating group) is 2. The van der Waals surface area contributed by atoms with Gasteiger partial charge in [0.25, 0.3) is 0 Å². The van der Waals surface area contributed by atoms with Crippen LogP contribution < -0.4 is 5.32 Å². The van der Waals surface area contributed by atoms with Crippen LogP contribution in [0.25, 0.3) is 0 Å². The van der Waals surface area contributed by atoms with Crippen LogP contribution in [0, 0.1) is 6.92 Å². The first-order valence-corrected chi connectivity index (χ1v) is 7.66. The molecule has 3 nitrogen and oxygen atoms in total. The van der Waals surface area contributed by atoms with Crippen molar-refractivity contribution in [3.8, 4) is 0 Å². The first kappa shape index (κ1) is 17.2. The number of nitrogens with one attached hydrogen (secondary N) is 1. The maximum absolute atomic E-state index is 3.60. The van der Waals surface area contributed by atoms with E-state index in [1.807, 2.05) is 0 Å². The van der Waals surface area contributed by atoms with Crippen LogP contribution in [0.4, 0.5) is 0 Å². The molecule has 0 spiro atoms. The van der Waals surface area contributed by atoms with Crippen molar-refractivity contribution in [3.63, 3.8) is 0 Å². The van der Waals surface area contributed by atoms with Gasteiger partial charge in [-0.2, -0.15) is 0 Å². The summed E-state index contributed by atoms with van der Waals surface area (Å²) >= 11 is 0. The van der Waals surface area contributed by atoms with Crippen molar-refractivity contribution in [2.75, 3.05) is 47.3 Å². The molecule has 20 heavy (non-hydrogen) atoms. The fraction of sp³-hybridized carbons (Fsp3) is 0.647. The van der Waals surface area contributed by atoms with E-state index in [1.165, 1.54) is 17.5 Å². The number of rotatable bonds is 9. The molecular weight excluding hydrogens is 246 g/mol. The van der Waals surface area contributed by atoms with E-state index in [9.17, 15) is 0 Å². The lowest BCUT2D eigenvalue weighted by atomic mass is 10.0. The molecule has 1 atom stereocenters. The monoisotopic (exact) mass is 277 g/mol. The standard InChI is InChI=1S/C17H31N3/c1-6-18-17(16-10-8-15(2)9-11-16)14-20(5)13-7-12-19(3)4/h8-11,17-18H,6-7,12-14H2,1-5H3. The third-order valence-electron chi connectivity index (χ3n) is 3.57. The van der Waals surface area contributed by atoms with E-state index in [4.69, 9.17) is 0 Å². The second-order valence-electron chi connectivity index (χ2n) is 5.94. The van der Waals surface area contributed by atoms with Crippen molar-refractivity contribution < 1.29 is 0 Å². The lowest BCUT2D eigenvalue weighted by Gasteiger charge is -2.25. The average Bonchev–Trinajstić information content (AvgIpc) is 2.38. The van der Waals surface area contributed by atoms with Crippen LogP contribution in [0.2, 0.25) is 0 Å². The Morgan fingerprint density at radius 2 is 1.70 bits per heavy atom. The van der Waals surface area contributed by atoms with E-state index >= 15 is 0 Å². The zero-order valence-corrected chi connectivity index (χ0v) is 13.8. The summed E-state index contributed by atoms with van der Waals surface area (Å²) in [6, 6.07) is 9.31. The van der Waals surface area contributed by atoms with Gasteiger partial charge in [0.2, 0.25) is 0 Å². The molecule has 0 saturated heterocycles. The minimum Gasteiger partial charge on any atom is -0.309 e. The third kappa shape index (κ3) is 6.51. The Balaban J connectivity index is 2.51. The van der Waals surface area contributed by atoms with Crippen molar-refractivity contribution in [1.82, 2.24) is 15.1 Å². The molecule has 1 rings (SSSR count). The van der Waals surface area contributed by atoms with Crippen molar-refractivity contribution in [2.24, 2.45) is 0 Å². The van der Waals surface area contributed by atoms with Crippen LogP contribution in [0.5, 0.6) is 0 Å². The zero-order valence-electron chi connectivity index (χ0n) is 13.8. The lowest BCUT2D eigenvalue weighted by Crippen LogP contribution is -2.34. The molecule has 0 heterocycles. The minimum atomic E-state index is 0.421. The van der Waals surface area contributed by atoms with E-state index in [0.29, 0.717) is 6.04 Å². The molecule has 0 fully saturated rings. The Morgan fingerprint density at radius 1 is 1.05 bits per heavy atom. The third-order valence-corrected chi connectivity index (χ3v) is 3.57. The maximum atomic E-state index is 3.60. The van der Waals surface area contributed by atoms with Gasteiger partial charge in [-0.15, -0.1) is 0 Å². The van der Waals surface area contributed by atoms with Gasteiger partial charge in [-0.1, -0.05) is 36.8 Å². The smallest absolute Gasteiger partial charge is 0.0449 e. The van der Waals surface area contributed by atoms with Crippen molar-refractivity contribution in [3.05, 3.63) is 35.4 Å². The highest BCUT2D eigenvalue weighted by Crippen LogP contribution is 2.15. The molecule has 1 unspecified atom stereocenters. The number of nitrogens with zero attached hydrogens (tertiary/aromatic N) is 2. The summed E-state index contributed by atoms with van der Waals surface area (Å²) in [6.07, 6.45) is 1.22. The van der Waals surface area contributed by atoms with Crippen LogP contribution >= 0.6 is 0 Å². The molecule has 0 amide bonds. The molecule has 114 valence electrons. The van der Waals surface area contributed by atoms with Gasteiger partial charge in [0.1, 0.15) is 0 Å². The molecule has 0 aliphatic carbocycles. The second kappa shape index (κ2) is 9.11. The Bertz CT molecular complexity index is 359. The second-order valence-corrected chi connectivity index (χ2v) is 5.94. The molecule has 0 saturated carbocycles. The lowest BCUT2D eigenvalue weighted by molar-refractivity contribution is 0.272. The summed E-state index contributed by atoms with van der Waals surface area (Å²) in [5.41, 5.74) is 2.71.